The highest BCUT2D eigenvalue weighted by Crippen LogP contribution is 2.21. The van der Waals surface area contributed by atoms with Crippen molar-refractivity contribution in [3.63, 3.8) is 0 Å². The van der Waals surface area contributed by atoms with Gasteiger partial charge in [0.2, 0.25) is 0 Å². The second-order valence-electron chi connectivity index (χ2n) is 5.03. The van der Waals surface area contributed by atoms with E-state index >= 15 is 0 Å². The van der Waals surface area contributed by atoms with Crippen LogP contribution in [0, 0.1) is 11.8 Å². The van der Waals surface area contributed by atoms with Gasteiger partial charge in [0.1, 0.15) is 36.0 Å². The summed E-state index contributed by atoms with van der Waals surface area (Å²) in [6, 6.07) is 5.27. The molecule has 5 atom stereocenters. The summed E-state index contributed by atoms with van der Waals surface area (Å²) >= 11 is 0. The van der Waals surface area contributed by atoms with Gasteiger partial charge < -0.3 is 29.6 Å². The third kappa shape index (κ3) is 2.59. The molecule has 0 radical (unpaired) electrons. The van der Waals surface area contributed by atoms with Gasteiger partial charge in [0.05, 0.1) is 12.2 Å². The molecule has 0 aliphatic carbocycles. The van der Waals surface area contributed by atoms with E-state index in [0.717, 1.165) is 0 Å². The molecule has 1 aliphatic heterocycles. The lowest BCUT2D eigenvalue weighted by Gasteiger charge is -2.37. The molecule has 1 aromatic carbocycles. The number of hydrogen-bond acceptors (Lipinski definition) is 7. The predicted molar refractivity (Wildman–Crippen MR) is 74.7 cm³/mol. The molecule has 116 valence electrons. The van der Waals surface area contributed by atoms with Crippen LogP contribution in [0.1, 0.15) is 5.56 Å². The highest BCUT2D eigenvalue weighted by molar-refractivity contribution is 5.79. The van der Waals surface area contributed by atoms with E-state index in [2.05, 4.69) is 16.8 Å². The number of aromatic nitrogens is 1. The van der Waals surface area contributed by atoms with E-state index in [-0.39, 0.29) is 0 Å². The standard InChI is InChI=1S/C15H15NO6/c17-6-11-13(19)14(20)12(18)10(22-11)5-4-8-2-1-3-9-15(8)21-7-16-9/h1-3,7,10-14,17-20H,6H2/t10-,11?,12?,13-,14?/m1/s1. The zero-order valence-corrected chi connectivity index (χ0v) is 11.5. The Hall–Kier alpha value is -1.95. The summed E-state index contributed by atoms with van der Waals surface area (Å²) < 4.78 is 10.6. The van der Waals surface area contributed by atoms with Crippen molar-refractivity contribution in [2.45, 2.75) is 30.5 Å². The zero-order valence-electron chi connectivity index (χ0n) is 11.5. The van der Waals surface area contributed by atoms with Crippen LogP contribution in [0.4, 0.5) is 0 Å². The first kappa shape index (κ1) is 15.0. The number of para-hydroxylation sites is 1. The Labute approximate surface area is 125 Å². The normalized spacial score (nSPS) is 31.7. The summed E-state index contributed by atoms with van der Waals surface area (Å²) in [6.07, 6.45) is -4.90. The van der Waals surface area contributed by atoms with Gasteiger partial charge >= 0.3 is 0 Å². The molecule has 1 aliphatic rings. The molecule has 7 heteroatoms. The number of benzene rings is 1. The molecule has 0 bridgehead atoms. The third-order valence-electron chi connectivity index (χ3n) is 3.60. The van der Waals surface area contributed by atoms with Gasteiger partial charge in [-0.1, -0.05) is 17.9 Å². The Bertz CT molecular complexity index is 715. The molecule has 1 saturated heterocycles. The van der Waals surface area contributed by atoms with E-state index in [9.17, 15) is 15.3 Å². The maximum atomic E-state index is 9.92. The molecule has 0 saturated carbocycles. The number of oxazole rings is 1. The van der Waals surface area contributed by atoms with E-state index in [1.165, 1.54) is 6.39 Å². The van der Waals surface area contributed by atoms with E-state index in [1.807, 2.05) is 0 Å². The quantitative estimate of drug-likeness (QED) is 0.500. The Morgan fingerprint density at radius 3 is 2.73 bits per heavy atom. The first-order valence-corrected chi connectivity index (χ1v) is 6.76. The van der Waals surface area contributed by atoms with E-state index < -0.39 is 37.1 Å². The molecule has 1 fully saturated rings. The minimum absolute atomic E-state index is 0.485. The molecule has 22 heavy (non-hydrogen) atoms. The average Bonchev–Trinajstić information content (AvgIpc) is 3.01. The van der Waals surface area contributed by atoms with E-state index in [4.69, 9.17) is 14.3 Å². The van der Waals surface area contributed by atoms with Gasteiger partial charge in [-0.3, -0.25) is 0 Å². The molecular weight excluding hydrogens is 290 g/mol. The summed E-state index contributed by atoms with van der Waals surface area (Å²) in [4.78, 5) is 4.02. The van der Waals surface area contributed by atoms with Crippen LogP contribution in [0.3, 0.4) is 0 Å². The number of aliphatic hydroxyl groups excluding tert-OH is 4. The van der Waals surface area contributed by atoms with Gasteiger partial charge in [-0.25, -0.2) is 4.98 Å². The Morgan fingerprint density at radius 2 is 1.95 bits per heavy atom. The molecule has 2 aromatic rings. The molecule has 2 heterocycles. The molecule has 7 nitrogen and oxygen atoms in total. The molecule has 3 rings (SSSR count). The van der Waals surface area contributed by atoms with Gasteiger partial charge in [-0.2, -0.15) is 0 Å². The van der Waals surface area contributed by atoms with E-state index in [0.29, 0.717) is 16.7 Å². The Balaban J connectivity index is 1.88. The lowest BCUT2D eigenvalue weighted by atomic mass is 9.95. The summed E-state index contributed by atoms with van der Waals surface area (Å²) in [7, 11) is 0. The predicted octanol–water partition coefficient (Wildman–Crippen LogP) is -0.978. The molecule has 0 amide bonds. The van der Waals surface area contributed by atoms with Crippen molar-refractivity contribution in [2.75, 3.05) is 6.61 Å². The number of ether oxygens (including phenoxy) is 1. The van der Waals surface area contributed by atoms with Gasteiger partial charge in [-0.05, 0) is 12.1 Å². The molecule has 1 aromatic heterocycles. The van der Waals surface area contributed by atoms with Crippen molar-refractivity contribution >= 4 is 11.1 Å². The number of nitrogens with zero attached hydrogens (tertiary/aromatic N) is 1. The topological polar surface area (TPSA) is 116 Å². The molecule has 3 unspecified atom stereocenters. The maximum absolute atomic E-state index is 9.92. The minimum Gasteiger partial charge on any atom is -0.442 e. The lowest BCUT2D eigenvalue weighted by Crippen LogP contribution is -2.58. The molecular formula is C15H15NO6. The highest BCUT2D eigenvalue weighted by atomic mass is 16.5. The van der Waals surface area contributed by atoms with Crippen LogP contribution >= 0.6 is 0 Å². The number of rotatable bonds is 1. The second-order valence-corrected chi connectivity index (χ2v) is 5.03. The Morgan fingerprint density at radius 1 is 1.14 bits per heavy atom. The maximum Gasteiger partial charge on any atom is 0.182 e. The van der Waals surface area contributed by atoms with Crippen LogP contribution in [0.15, 0.2) is 29.0 Å². The van der Waals surface area contributed by atoms with Crippen molar-refractivity contribution in [1.29, 1.82) is 0 Å². The fourth-order valence-electron chi connectivity index (χ4n) is 2.35. The molecule has 4 N–H and O–H groups in total. The monoisotopic (exact) mass is 305 g/mol. The fourth-order valence-corrected chi connectivity index (χ4v) is 2.35. The lowest BCUT2D eigenvalue weighted by molar-refractivity contribution is -0.214. The highest BCUT2D eigenvalue weighted by Gasteiger charge is 2.42. The van der Waals surface area contributed by atoms with Gasteiger partial charge in [-0.15, -0.1) is 0 Å². The first-order chi connectivity index (χ1) is 10.6. The van der Waals surface area contributed by atoms with Crippen LogP contribution in [0.2, 0.25) is 0 Å². The second kappa shape index (κ2) is 6.04. The van der Waals surface area contributed by atoms with Gasteiger partial charge in [0.25, 0.3) is 0 Å². The van der Waals surface area contributed by atoms with Crippen molar-refractivity contribution in [1.82, 2.24) is 4.98 Å². The summed E-state index contributed by atoms with van der Waals surface area (Å²) in [5.74, 6) is 5.50. The summed E-state index contributed by atoms with van der Waals surface area (Å²) in [5, 5.41) is 38.5. The van der Waals surface area contributed by atoms with Crippen molar-refractivity contribution in [2.24, 2.45) is 0 Å². The smallest absolute Gasteiger partial charge is 0.182 e. The fraction of sp³-hybridized carbons (Fsp3) is 0.400. The van der Waals surface area contributed by atoms with Crippen LogP contribution in [-0.4, -0.2) is 62.5 Å². The van der Waals surface area contributed by atoms with Crippen LogP contribution in [0.25, 0.3) is 11.1 Å². The minimum atomic E-state index is -1.44. The van der Waals surface area contributed by atoms with Crippen molar-refractivity contribution < 1.29 is 29.6 Å². The number of aliphatic hydroxyl groups is 4. The first-order valence-electron chi connectivity index (χ1n) is 6.76. The Kier molecular flexibility index (Phi) is 4.11. The molecule has 0 spiro atoms. The van der Waals surface area contributed by atoms with Crippen LogP contribution in [0.5, 0.6) is 0 Å². The zero-order chi connectivity index (χ0) is 15.7. The largest absolute Gasteiger partial charge is 0.442 e. The summed E-state index contributed by atoms with van der Waals surface area (Å²) in [6.45, 7) is -0.485. The number of fused-ring (bicyclic) bond motifs is 1. The third-order valence-corrected chi connectivity index (χ3v) is 3.60. The average molecular weight is 305 g/mol. The van der Waals surface area contributed by atoms with Gasteiger partial charge in [0.15, 0.2) is 12.0 Å². The van der Waals surface area contributed by atoms with Crippen LogP contribution in [-0.2, 0) is 4.74 Å². The summed E-state index contributed by atoms with van der Waals surface area (Å²) in [5.41, 5.74) is 1.73. The SMILES string of the molecule is OCC1O[C@H](C#Cc2cccc3ncoc23)C(O)C(O)[C@@H]1O. The van der Waals surface area contributed by atoms with Crippen molar-refractivity contribution in [3.05, 3.63) is 30.2 Å². The number of hydrogen-bond donors (Lipinski definition) is 4. The van der Waals surface area contributed by atoms with Gasteiger partial charge in [0, 0.05) is 0 Å². The van der Waals surface area contributed by atoms with Crippen molar-refractivity contribution in [3.8, 4) is 11.8 Å². The van der Waals surface area contributed by atoms with E-state index in [1.54, 1.807) is 18.2 Å². The van der Waals surface area contributed by atoms with Crippen LogP contribution < -0.4 is 0 Å².